The lowest BCUT2D eigenvalue weighted by atomic mass is 10.1. The number of aryl methyl sites for hydroxylation is 1. The molecule has 1 aromatic heterocycles. The third-order valence-corrected chi connectivity index (χ3v) is 4.04. The van der Waals surface area contributed by atoms with Crippen LogP contribution in [0, 0.1) is 6.92 Å². The van der Waals surface area contributed by atoms with E-state index in [1.54, 1.807) is 34.1 Å². The molecule has 1 saturated heterocycles. The first-order chi connectivity index (χ1) is 11.1. The number of benzene rings is 1. The van der Waals surface area contributed by atoms with E-state index in [-0.39, 0.29) is 23.1 Å². The molecule has 0 saturated carbocycles. The fourth-order valence-electron chi connectivity index (χ4n) is 2.67. The molecule has 0 atom stereocenters. The van der Waals surface area contributed by atoms with Gasteiger partial charge in [-0.05, 0) is 25.1 Å². The Morgan fingerprint density at radius 2 is 1.61 bits per heavy atom. The topological polar surface area (TPSA) is 74.0 Å². The van der Waals surface area contributed by atoms with Gasteiger partial charge in [-0.25, -0.2) is 0 Å². The zero-order chi connectivity index (χ0) is 16.4. The summed E-state index contributed by atoms with van der Waals surface area (Å²) in [5.41, 5.74) is 1.09. The lowest BCUT2D eigenvalue weighted by Gasteiger charge is -2.34. The molecule has 0 unspecified atom stereocenters. The first-order valence-electron chi connectivity index (χ1n) is 7.48. The van der Waals surface area contributed by atoms with Crippen LogP contribution in [0.5, 0.6) is 5.75 Å². The molecule has 1 aliphatic rings. The van der Waals surface area contributed by atoms with Crippen molar-refractivity contribution in [2.75, 3.05) is 26.2 Å². The lowest BCUT2D eigenvalue weighted by molar-refractivity contribution is 0.0516. The van der Waals surface area contributed by atoms with Crippen molar-refractivity contribution in [1.29, 1.82) is 0 Å². The molecule has 1 N–H and O–H groups in total. The van der Waals surface area contributed by atoms with E-state index >= 15 is 0 Å². The van der Waals surface area contributed by atoms with Gasteiger partial charge in [0.2, 0.25) is 0 Å². The maximum Gasteiger partial charge on any atom is 0.289 e. The first-order valence-corrected chi connectivity index (χ1v) is 7.48. The predicted octanol–water partition coefficient (Wildman–Crippen LogP) is 1.89. The van der Waals surface area contributed by atoms with Gasteiger partial charge in [0, 0.05) is 31.7 Å². The SMILES string of the molecule is Cc1ccoc1C(=O)N1CCN(C(=O)c2ccccc2O)CC1. The summed E-state index contributed by atoms with van der Waals surface area (Å²) in [6.45, 7) is 3.57. The molecular formula is C17H18N2O4. The van der Waals surface area contributed by atoms with Crippen molar-refractivity contribution in [3.05, 3.63) is 53.5 Å². The lowest BCUT2D eigenvalue weighted by Crippen LogP contribution is -2.50. The molecule has 2 aromatic rings. The molecule has 0 radical (unpaired) electrons. The Balaban J connectivity index is 1.65. The predicted molar refractivity (Wildman–Crippen MR) is 83.4 cm³/mol. The molecule has 23 heavy (non-hydrogen) atoms. The van der Waals surface area contributed by atoms with Crippen LogP contribution in [0.25, 0.3) is 0 Å². The maximum atomic E-state index is 12.4. The molecule has 120 valence electrons. The highest BCUT2D eigenvalue weighted by Gasteiger charge is 2.28. The van der Waals surface area contributed by atoms with Gasteiger partial charge in [-0.1, -0.05) is 12.1 Å². The van der Waals surface area contributed by atoms with Crippen LogP contribution in [0.3, 0.4) is 0 Å². The summed E-state index contributed by atoms with van der Waals surface area (Å²) < 4.78 is 5.23. The number of para-hydroxylation sites is 1. The molecule has 6 heteroatoms. The van der Waals surface area contributed by atoms with E-state index in [1.807, 2.05) is 6.92 Å². The molecule has 3 rings (SSSR count). The molecule has 1 fully saturated rings. The van der Waals surface area contributed by atoms with Gasteiger partial charge in [-0.2, -0.15) is 0 Å². The van der Waals surface area contributed by atoms with E-state index in [4.69, 9.17) is 4.42 Å². The van der Waals surface area contributed by atoms with E-state index in [0.717, 1.165) is 5.56 Å². The van der Waals surface area contributed by atoms with Crippen LogP contribution in [-0.2, 0) is 0 Å². The number of piperazine rings is 1. The van der Waals surface area contributed by atoms with Crippen LogP contribution >= 0.6 is 0 Å². The van der Waals surface area contributed by atoms with Crippen molar-refractivity contribution in [1.82, 2.24) is 9.80 Å². The highest BCUT2D eigenvalue weighted by Crippen LogP contribution is 2.19. The largest absolute Gasteiger partial charge is 0.507 e. The van der Waals surface area contributed by atoms with Gasteiger partial charge in [-0.3, -0.25) is 9.59 Å². The highest BCUT2D eigenvalue weighted by molar-refractivity contribution is 5.97. The Kier molecular flexibility index (Phi) is 4.06. The van der Waals surface area contributed by atoms with Crippen molar-refractivity contribution in [2.24, 2.45) is 0 Å². The minimum atomic E-state index is -0.218. The first kappa shape index (κ1) is 15.1. The number of carbonyl (C=O) groups is 2. The molecule has 1 aliphatic heterocycles. The van der Waals surface area contributed by atoms with Crippen LogP contribution < -0.4 is 0 Å². The average molecular weight is 314 g/mol. The van der Waals surface area contributed by atoms with Gasteiger partial charge < -0.3 is 19.3 Å². The quantitative estimate of drug-likeness (QED) is 0.918. The van der Waals surface area contributed by atoms with E-state index in [1.165, 1.54) is 12.3 Å². The Labute approximate surface area is 133 Å². The summed E-state index contributed by atoms with van der Waals surface area (Å²) in [7, 11) is 0. The van der Waals surface area contributed by atoms with Crippen molar-refractivity contribution in [2.45, 2.75) is 6.92 Å². The number of furan rings is 1. The van der Waals surface area contributed by atoms with Crippen LogP contribution in [-0.4, -0.2) is 52.9 Å². The summed E-state index contributed by atoms with van der Waals surface area (Å²) in [6, 6.07) is 8.24. The Bertz CT molecular complexity index is 730. The van der Waals surface area contributed by atoms with Crippen molar-refractivity contribution < 1.29 is 19.1 Å². The van der Waals surface area contributed by atoms with Gasteiger partial charge in [-0.15, -0.1) is 0 Å². The van der Waals surface area contributed by atoms with Gasteiger partial charge in [0.05, 0.1) is 11.8 Å². The molecular weight excluding hydrogens is 296 g/mol. The van der Waals surface area contributed by atoms with Crippen molar-refractivity contribution in [3.8, 4) is 5.75 Å². The van der Waals surface area contributed by atoms with E-state index in [0.29, 0.717) is 31.9 Å². The van der Waals surface area contributed by atoms with Gasteiger partial charge >= 0.3 is 0 Å². The normalized spacial score (nSPS) is 14.8. The Hall–Kier alpha value is -2.76. The summed E-state index contributed by atoms with van der Waals surface area (Å²) in [4.78, 5) is 28.1. The monoisotopic (exact) mass is 314 g/mol. The van der Waals surface area contributed by atoms with Crippen LogP contribution in [0.2, 0.25) is 0 Å². The summed E-state index contributed by atoms with van der Waals surface area (Å²) >= 11 is 0. The van der Waals surface area contributed by atoms with E-state index < -0.39 is 0 Å². The Morgan fingerprint density at radius 3 is 2.17 bits per heavy atom. The number of amides is 2. The van der Waals surface area contributed by atoms with Crippen LogP contribution in [0.15, 0.2) is 41.0 Å². The third kappa shape index (κ3) is 2.92. The number of hydrogen-bond acceptors (Lipinski definition) is 4. The van der Waals surface area contributed by atoms with Gasteiger partial charge in [0.1, 0.15) is 5.75 Å². The van der Waals surface area contributed by atoms with Gasteiger partial charge in [0.15, 0.2) is 5.76 Å². The minimum absolute atomic E-state index is 0.0257. The zero-order valence-electron chi connectivity index (χ0n) is 12.9. The number of nitrogens with zero attached hydrogens (tertiary/aromatic N) is 2. The summed E-state index contributed by atoms with van der Waals surface area (Å²) in [5.74, 6) is -0.0424. The number of phenols is 1. The second-order valence-corrected chi connectivity index (χ2v) is 5.53. The molecule has 6 nitrogen and oxygen atoms in total. The summed E-state index contributed by atoms with van der Waals surface area (Å²) in [5, 5.41) is 9.78. The number of phenolic OH excluding ortho intramolecular Hbond substituents is 1. The van der Waals surface area contributed by atoms with Crippen molar-refractivity contribution >= 4 is 11.8 Å². The number of aromatic hydroxyl groups is 1. The van der Waals surface area contributed by atoms with E-state index in [2.05, 4.69) is 0 Å². The second kappa shape index (κ2) is 6.16. The van der Waals surface area contributed by atoms with Crippen LogP contribution in [0.1, 0.15) is 26.5 Å². The molecule has 2 heterocycles. The smallest absolute Gasteiger partial charge is 0.289 e. The third-order valence-electron chi connectivity index (χ3n) is 4.04. The van der Waals surface area contributed by atoms with Gasteiger partial charge in [0.25, 0.3) is 11.8 Å². The molecule has 0 aliphatic carbocycles. The minimum Gasteiger partial charge on any atom is -0.507 e. The number of carbonyl (C=O) groups excluding carboxylic acids is 2. The van der Waals surface area contributed by atoms with E-state index in [9.17, 15) is 14.7 Å². The fraction of sp³-hybridized carbons (Fsp3) is 0.294. The highest BCUT2D eigenvalue weighted by atomic mass is 16.3. The standard InChI is InChI=1S/C17H18N2O4/c1-12-6-11-23-15(12)17(22)19-9-7-18(8-10-19)16(21)13-4-2-3-5-14(13)20/h2-6,11,20H,7-10H2,1H3. The average Bonchev–Trinajstić information content (AvgIpc) is 3.00. The number of rotatable bonds is 2. The Morgan fingerprint density at radius 1 is 1.00 bits per heavy atom. The molecule has 1 aromatic carbocycles. The molecule has 0 spiro atoms. The summed E-state index contributed by atoms with van der Waals surface area (Å²) in [6.07, 6.45) is 1.50. The van der Waals surface area contributed by atoms with Crippen molar-refractivity contribution in [3.63, 3.8) is 0 Å². The second-order valence-electron chi connectivity index (χ2n) is 5.53. The molecule has 2 amide bonds. The maximum absolute atomic E-state index is 12.4. The molecule has 0 bridgehead atoms. The van der Waals surface area contributed by atoms with Crippen LogP contribution in [0.4, 0.5) is 0 Å². The zero-order valence-corrected chi connectivity index (χ0v) is 12.9. The fourth-order valence-corrected chi connectivity index (χ4v) is 2.67. The number of hydrogen-bond donors (Lipinski definition) is 1.